The van der Waals surface area contributed by atoms with Crippen LogP contribution in [0.5, 0.6) is 0 Å². The second-order valence-electron chi connectivity index (χ2n) is 7.00. The number of anilines is 1. The number of carbonyl (C=O) groups excluding carboxylic acids is 1. The van der Waals surface area contributed by atoms with Crippen LogP contribution in [0.15, 0.2) is 65.1 Å². The summed E-state index contributed by atoms with van der Waals surface area (Å²) < 4.78 is 30.1. The van der Waals surface area contributed by atoms with Gasteiger partial charge in [0.15, 0.2) is 10.7 Å². The summed E-state index contributed by atoms with van der Waals surface area (Å²) in [6, 6.07) is 11.9. The van der Waals surface area contributed by atoms with Gasteiger partial charge in [-0.3, -0.25) is 13.9 Å². The number of aromatic nitrogens is 2. The number of benzene rings is 2. The number of hydrogen-bond donors (Lipinski definition) is 1. The Kier molecular flexibility index (Phi) is 4.25. The van der Waals surface area contributed by atoms with E-state index in [1.165, 1.54) is 6.07 Å². The molecule has 29 heavy (non-hydrogen) atoms. The second kappa shape index (κ2) is 6.82. The molecule has 2 heterocycles. The largest absolute Gasteiger partial charge is 0.297 e. The van der Waals surface area contributed by atoms with Gasteiger partial charge < -0.3 is 0 Å². The predicted molar refractivity (Wildman–Crippen MR) is 113 cm³/mol. The van der Waals surface area contributed by atoms with Crippen LogP contribution in [0.4, 0.5) is 5.69 Å². The molecule has 4 aromatic rings. The molecule has 1 aliphatic rings. The molecule has 5 rings (SSSR count). The molecule has 8 heteroatoms. The van der Waals surface area contributed by atoms with Gasteiger partial charge in [-0.05, 0) is 42.7 Å². The standard InChI is InChI=1S/C21H17N3O3S2/c25-20-3-1-2-14-6-9-17(12-18(14)20)29(26,27)23-16-7-4-15(5-8-16)19-13-24-10-11-28-21(24)22-19/h4-13,23H,1-3H2. The van der Waals surface area contributed by atoms with Gasteiger partial charge in [0.1, 0.15) is 0 Å². The third kappa shape index (κ3) is 3.34. The lowest BCUT2D eigenvalue weighted by Gasteiger charge is -2.16. The summed E-state index contributed by atoms with van der Waals surface area (Å²) in [5.41, 5.74) is 3.64. The highest BCUT2D eigenvalue weighted by molar-refractivity contribution is 7.92. The van der Waals surface area contributed by atoms with E-state index in [9.17, 15) is 13.2 Å². The Balaban J connectivity index is 1.40. The summed E-state index contributed by atoms with van der Waals surface area (Å²) in [5, 5.41) is 1.97. The molecule has 2 aromatic carbocycles. The molecule has 0 saturated heterocycles. The SMILES string of the molecule is O=C1CCCc2ccc(S(=O)(=O)Nc3ccc(-c4cn5ccsc5n4)cc3)cc21. The first-order chi connectivity index (χ1) is 14.0. The van der Waals surface area contributed by atoms with Gasteiger partial charge in [-0.25, -0.2) is 13.4 Å². The zero-order valence-electron chi connectivity index (χ0n) is 15.3. The minimum Gasteiger partial charge on any atom is -0.297 e. The van der Waals surface area contributed by atoms with Crippen molar-refractivity contribution < 1.29 is 13.2 Å². The highest BCUT2D eigenvalue weighted by Crippen LogP contribution is 2.27. The Morgan fingerprint density at radius 3 is 2.69 bits per heavy atom. The number of aryl methyl sites for hydroxylation is 1. The van der Waals surface area contributed by atoms with Crippen LogP contribution >= 0.6 is 11.3 Å². The minimum absolute atomic E-state index is 0.00706. The Morgan fingerprint density at radius 1 is 1.07 bits per heavy atom. The van der Waals surface area contributed by atoms with Gasteiger partial charge in [-0.15, -0.1) is 11.3 Å². The fraction of sp³-hybridized carbons (Fsp3) is 0.143. The van der Waals surface area contributed by atoms with Crippen molar-refractivity contribution in [1.82, 2.24) is 9.38 Å². The molecule has 146 valence electrons. The Morgan fingerprint density at radius 2 is 1.90 bits per heavy atom. The van der Waals surface area contributed by atoms with Gasteiger partial charge in [-0.2, -0.15) is 0 Å². The first-order valence-electron chi connectivity index (χ1n) is 9.21. The number of nitrogens with zero attached hydrogens (tertiary/aromatic N) is 2. The molecule has 0 amide bonds. The van der Waals surface area contributed by atoms with Crippen molar-refractivity contribution in [2.45, 2.75) is 24.2 Å². The van der Waals surface area contributed by atoms with Crippen molar-refractivity contribution in [3.63, 3.8) is 0 Å². The normalized spacial score (nSPS) is 14.1. The zero-order valence-corrected chi connectivity index (χ0v) is 17.0. The number of nitrogens with one attached hydrogen (secondary N) is 1. The molecule has 0 atom stereocenters. The molecule has 2 aromatic heterocycles. The number of carbonyl (C=O) groups is 1. The molecule has 1 N–H and O–H groups in total. The molecule has 1 aliphatic carbocycles. The predicted octanol–water partition coefficient (Wildman–Crippen LogP) is 4.38. The van der Waals surface area contributed by atoms with Gasteiger partial charge in [0.25, 0.3) is 10.0 Å². The maximum absolute atomic E-state index is 12.8. The van der Waals surface area contributed by atoms with E-state index in [-0.39, 0.29) is 10.7 Å². The molecule has 0 saturated carbocycles. The molecule has 6 nitrogen and oxygen atoms in total. The quantitative estimate of drug-likeness (QED) is 0.528. The first kappa shape index (κ1) is 18.1. The van der Waals surface area contributed by atoms with Crippen LogP contribution in [0.3, 0.4) is 0 Å². The summed E-state index contributed by atoms with van der Waals surface area (Å²) in [5.74, 6) is 0.00706. The summed E-state index contributed by atoms with van der Waals surface area (Å²) in [6.07, 6.45) is 5.98. The second-order valence-corrected chi connectivity index (χ2v) is 9.55. The van der Waals surface area contributed by atoms with E-state index in [1.807, 2.05) is 34.3 Å². The number of Topliss-reactive ketones (excluding diaryl/α,β-unsaturated/α-hetero) is 1. The number of hydrogen-bond acceptors (Lipinski definition) is 5. The van der Waals surface area contributed by atoms with Gasteiger partial charge >= 0.3 is 0 Å². The average molecular weight is 424 g/mol. The monoisotopic (exact) mass is 423 g/mol. The smallest absolute Gasteiger partial charge is 0.261 e. The minimum atomic E-state index is -3.78. The molecular formula is C21H17N3O3S2. The lowest BCUT2D eigenvalue weighted by Crippen LogP contribution is -2.16. The number of ketones is 1. The van der Waals surface area contributed by atoms with Crippen LogP contribution in [0.1, 0.15) is 28.8 Å². The Bertz CT molecular complexity index is 1310. The third-order valence-corrected chi connectivity index (χ3v) is 7.22. The van der Waals surface area contributed by atoms with E-state index in [0.717, 1.165) is 34.6 Å². The van der Waals surface area contributed by atoms with E-state index in [1.54, 1.807) is 35.6 Å². The summed E-state index contributed by atoms with van der Waals surface area (Å²) in [6.45, 7) is 0. The van der Waals surface area contributed by atoms with Crippen molar-refractivity contribution in [3.8, 4) is 11.3 Å². The molecule has 0 unspecified atom stereocenters. The van der Waals surface area contributed by atoms with Crippen molar-refractivity contribution in [1.29, 1.82) is 0 Å². The Labute approximate surface area is 171 Å². The van der Waals surface area contributed by atoms with Crippen molar-refractivity contribution in [3.05, 3.63) is 71.4 Å². The van der Waals surface area contributed by atoms with Crippen molar-refractivity contribution in [2.75, 3.05) is 4.72 Å². The lowest BCUT2D eigenvalue weighted by atomic mass is 9.91. The Hall–Kier alpha value is -2.97. The van der Waals surface area contributed by atoms with Crippen LogP contribution in [-0.4, -0.2) is 23.6 Å². The fourth-order valence-corrected chi connectivity index (χ4v) is 5.35. The van der Waals surface area contributed by atoms with Crippen LogP contribution in [-0.2, 0) is 16.4 Å². The van der Waals surface area contributed by atoms with Crippen LogP contribution in [0.25, 0.3) is 16.2 Å². The maximum atomic E-state index is 12.8. The zero-order chi connectivity index (χ0) is 20.0. The topological polar surface area (TPSA) is 80.5 Å². The van der Waals surface area contributed by atoms with Gasteiger partial charge in [0, 0.05) is 41.0 Å². The van der Waals surface area contributed by atoms with E-state index >= 15 is 0 Å². The highest BCUT2D eigenvalue weighted by Gasteiger charge is 2.22. The van der Waals surface area contributed by atoms with Crippen molar-refractivity contribution in [2.24, 2.45) is 0 Å². The summed E-state index contributed by atoms with van der Waals surface area (Å²) in [4.78, 5) is 17.7. The van der Waals surface area contributed by atoms with Crippen molar-refractivity contribution >= 4 is 37.8 Å². The summed E-state index contributed by atoms with van der Waals surface area (Å²) in [7, 11) is -3.78. The first-order valence-corrected chi connectivity index (χ1v) is 11.6. The van der Waals surface area contributed by atoms with E-state index < -0.39 is 10.0 Å². The number of thiazole rings is 1. The number of fused-ring (bicyclic) bond motifs is 2. The molecule has 0 fully saturated rings. The van der Waals surface area contributed by atoms with Gasteiger partial charge in [0.05, 0.1) is 10.6 Å². The summed E-state index contributed by atoms with van der Waals surface area (Å²) >= 11 is 1.56. The lowest BCUT2D eigenvalue weighted by molar-refractivity contribution is 0.0972. The molecule has 0 bridgehead atoms. The molecule has 0 aliphatic heterocycles. The van der Waals surface area contributed by atoms with Gasteiger partial charge in [0.2, 0.25) is 0 Å². The van der Waals surface area contributed by atoms with E-state index in [0.29, 0.717) is 17.7 Å². The fourth-order valence-electron chi connectivity index (χ4n) is 3.56. The van der Waals surface area contributed by atoms with Crippen LogP contribution < -0.4 is 4.72 Å². The van der Waals surface area contributed by atoms with Crippen LogP contribution in [0.2, 0.25) is 0 Å². The van der Waals surface area contributed by atoms with Crippen LogP contribution in [0, 0.1) is 0 Å². The molecular weight excluding hydrogens is 406 g/mol. The van der Waals surface area contributed by atoms with Gasteiger partial charge in [-0.1, -0.05) is 18.2 Å². The molecule has 0 radical (unpaired) electrons. The third-order valence-electron chi connectivity index (χ3n) is 5.07. The highest BCUT2D eigenvalue weighted by atomic mass is 32.2. The number of imidazole rings is 1. The number of sulfonamides is 1. The van der Waals surface area contributed by atoms with E-state index in [4.69, 9.17) is 0 Å². The van der Waals surface area contributed by atoms with E-state index in [2.05, 4.69) is 9.71 Å². The maximum Gasteiger partial charge on any atom is 0.261 e. The number of rotatable bonds is 4. The molecule has 0 spiro atoms. The average Bonchev–Trinajstić information content (AvgIpc) is 3.31.